The van der Waals surface area contributed by atoms with E-state index in [0.29, 0.717) is 15.3 Å². The van der Waals surface area contributed by atoms with Crippen LogP contribution in [-0.4, -0.2) is 26.1 Å². The number of hydrogen-bond acceptors (Lipinski definition) is 5. The summed E-state index contributed by atoms with van der Waals surface area (Å²) in [6.45, 7) is 1.47. The van der Waals surface area contributed by atoms with Gasteiger partial charge in [0.15, 0.2) is 5.13 Å². The van der Waals surface area contributed by atoms with Crippen LogP contribution in [0.25, 0.3) is 10.2 Å². The Hall–Kier alpha value is -0.640. The molecule has 1 atom stereocenters. The molecule has 11 heteroatoms. The first-order valence-electron chi connectivity index (χ1n) is 5.51. The zero-order chi connectivity index (χ0) is 16.0. The van der Waals surface area contributed by atoms with Gasteiger partial charge in [-0.25, -0.2) is 4.98 Å². The van der Waals surface area contributed by atoms with Crippen LogP contribution >= 0.6 is 34.9 Å². The van der Waals surface area contributed by atoms with Crippen LogP contribution in [0.4, 0.5) is 13.9 Å². The van der Waals surface area contributed by atoms with E-state index in [-0.39, 0.29) is 4.47 Å². The first kappa shape index (κ1) is 16.7. The monoisotopic (exact) mass is 402 g/mol. The van der Waals surface area contributed by atoms with Crippen molar-refractivity contribution < 1.29 is 28.2 Å². The number of nitrogens with one attached hydrogen (secondary N) is 1. The maximum Gasteiger partial charge on any atom is 0.399 e. The molecule has 0 saturated carbocycles. The molecule has 1 aromatic heterocycles. The van der Waals surface area contributed by atoms with E-state index in [2.05, 4.69) is 26.2 Å². The topological polar surface area (TPSA) is 103 Å². The smallest absolute Gasteiger partial charge is 0.374 e. The lowest BCUT2D eigenvalue weighted by atomic mass is 10.2. The van der Waals surface area contributed by atoms with Crippen LogP contribution in [0.3, 0.4) is 0 Å². The molecule has 1 heterocycles. The predicted molar refractivity (Wildman–Crippen MR) is 78.6 cm³/mol. The maximum absolute atomic E-state index is 13.8. The number of hydrogen-bond donors (Lipinski definition) is 4. The van der Waals surface area contributed by atoms with E-state index in [0.717, 1.165) is 17.4 Å². The van der Waals surface area contributed by atoms with Gasteiger partial charge in [0.25, 0.3) is 0 Å². The first-order chi connectivity index (χ1) is 9.52. The van der Waals surface area contributed by atoms with Gasteiger partial charge in [0.2, 0.25) is 0 Å². The number of anilines is 1. The number of rotatable bonds is 4. The van der Waals surface area contributed by atoms with E-state index in [1.165, 1.54) is 13.0 Å². The van der Waals surface area contributed by atoms with Crippen molar-refractivity contribution in [3.8, 4) is 0 Å². The number of nitrogens with zero attached hydrogens (tertiary/aromatic N) is 1. The van der Waals surface area contributed by atoms with Crippen molar-refractivity contribution in [3.05, 3.63) is 22.2 Å². The number of halogens is 3. The average molecular weight is 403 g/mol. The minimum absolute atomic E-state index is 0.155. The highest BCUT2D eigenvalue weighted by Gasteiger charge is 2.51. The highest BCUT2D eigenvalue weighted by atomic mass is 79.9. The third-order valence-corrected chi connectivity index (χ3v) is 5.08. The molecule has 116 valence electrons. The number of thiazole rings is 1. The summed E-state index contributed by atoms with van der Waals surface area (Å²) in [6.07, 6.45) is -0.870. The molecular formula is C10H10BrF2N2O4PS. The van der Waals surface area contributed by atoms with E-state index in [9.17, 15) is 18.5 Å². The summed E-state index contributed by atoms with van der Waals surface area (Å²) in [7, 11) is -5.65. The Balaban J connectivity index is 2.57. The lowest BCUT2D eigenvalue weighted by Gasteiger charge is -2.19. The summed E-state index contributed by atoms with van der Waals surface area (Å²) < 4.78 is 38.7. The molecule has 0 radical (unpaired) electrons. The fraction of sp³-hybridized carbons (Fsp3) is 0.300. The molecule has 0 aliphatic heterocycles. The Labute approximate surface area is 130 Å². The molecule has 0 spiro atoms. The molecular weight excluding hydrogens is 393 g/mol. The molecule has 0 aliphatic rings. The molecule has 0 bridgehead atoms. The Morgan fingerprint density at radius 1 is 1.48 bits per heavy atom. The van der Waals surface area contributed by atoms with Crippen molar-refractivity contribution in [1.82, 2.24) is 4.98 Å². The SMILES string of the molecule is CC(O)Nc1nc2cc(Br)c(C(F)(F)P(=O)(O)O)cc2s1. The van der Waals surface area contributed by atoms with Gasteiger partial charge in [-0.05, 0) is 19.1 Å². The summed E-state index contributed by atoms with van der Waals surface area (Å²) in [5.41, 5.74) is -4.75. The molecule has 6 nitrogen and oxygen atoms in total. The van der Waals surface area contributed by atoms with Gasteiger partial charge in [-0.3, -0.25) is 4.57 Å². The molecule has 0 aliphatic carbocycles. The Morgan fingerprint density at radius 3 is 2.62 bits per heavy atom. The minimum atomic E-state index is -5.65. The molecule has 4 N–H and O–H groups in total. The van der Waals surface area contributed by atoms with Crippen LogP contribution in [0.2, 0.25) is 0 Å². The van der Waals surface area contributed by atoms with Crippen LogP contribution in [0, 0.1) is 0 Å². The third kappa shape index (κ3) is 3.25. The van der Waals surface area contributed by atoms with Gasteiger partial charge in [0.05, 0.1) is 10.2 Å². The molecule has 2 aromatic rings. The highest BCUT2D eigenvalue weighted by Crippen LogP contribution is 2.60. The molecule has 0 fully saturated rings. The number of aromatic nitrogens is 1. The summed E-state index contributed by atoms with van der Waals surface area (Å²) in [5, 5.41) is 12.1. The molecule has 0 amide bonds. The van der Waals surface area contributed by atoms with Gasteiger partial charge in [-0.15, -0.1) is 0 Å². The normalized spacial score (nSPS) is 14.4. The van der Waals surface area contributed by atoms with Crippen molar-refractivity contribution >= 4 is 50.2 Å². The van der Waals surface area contributed by atoms with Crippen molar-refractivity contribution in [2.75, 3.05) is 5.32 Å². The van der Waals surface area contributed by atoms with Gasteiger partial charge in [-0.1, -0.05) is 27.3 Å². The second-order valence-corrected chi connectivity index (χ2v) is 7.76. The van der Waals surface area contributed by atoms with E-state index < -0.39 is 25.1 Å². The standard InChI is InChI=1S/C10H10BrF2N2O4PS/c1-4(16)14-9-15-7-3-6(11)5(2-8(7)21-9)10(12,13)20(17,18)19/h2-4,16H,1H3,(H,14,15)(H2,17,18,19). The Morgan fingerprint density at radius 2 is 2.10 bits per heavy atom. The van der Waals surface area contributed by atoms with Crippen LogP contribution in [0.5, 0.6) is 0 Å². The van der Waals surface area contributed by atoms with Gasteiger partial charge in [-0.2, -0.15) is 8.78 Å². The Kier molecular flexibility index (Phi) is 4.40. The van der Waals surface area contributed by atoms with E-state index >= 15 is 0 Å². The largest absolute Gasteiger partial charge is 0.399 e. The summed E-state index contributed by atoms with van der Waals surface area (Å²) >= 11 is 3.86. The van der Waals surface area contributed by atoms with Crippen molar-refractivity contribution in [2.24, 2.45) is 0 Å². The predicted octanol–water partition coefficient (Wildman–Crippen LogP) is 3.04. The van der Waals surface area contributed by atoms with Crippen LogP contribution < -0.4 is 5.32 Å². The number of aliphatic hydroxyl groups is 1. The quantitative estimate of drug-likeness (QED) is 0.463. The van der Waals surface area contributed by atoms with Gasteiger partial charge >= 0.3 is 13.3 Å². The first-order valence-corrected chi connectivity index (χ1v) is 8.73. The molecule has 1 unspecified atom stereocenters. The average Bonchev–Trinajstić information content (AvgIpc) is 2.66. The fourth-order valence-corrected chi connectivity index (χ4v) is 3.78. The summed E-state index contributed by atoms with van der Waals surface area (Å²) in [6, 6.07) is 2.22. The maximum atomic E-state index is 13.8. The lowest BCUT2D eigenvalue weighted by molar-refractivity contribution is 0.0559. The van der Waals surface area contributed by atoms with Crippen molar-refractivity contribution in [1.29, 1.82) is 0 Å². The molecule has 0 saturated heterocycles. The van der Waals surface area contributed by atoms with Crippen molar-refractivity contribution in [3.63, 3.8) is 0 Å². The van der Waals surface area contributed by atoms with Crippen LogP contribution in [0.15, 0.2) is 16.6 Å². The molecule has 1 aromatic carbocycles. The third-order valence-electron chi connectivity index (χ3n) is 2.50. The van der Waals surface area contributed by atoms with Crippen molar-refractivity contribution in [2.45, 2.75) is 18.8 Å². The number of benzene rings is 1. The second-order valence-electron chi connectivity index (χ2n) is 4.22. The van der Waals surface area contributed by atoms with Crippen LogP contribution in [-0.2, 0) is 10.2 Å². The number of aliphatic hydroxyl groups excluding tert-OH is 1. The fourth-order valence-electron chi connectivity index (χ4n) is 1.58. The zero-order valence-corrected chi connectivity index (χ0v) is 13.7. The van der Waals surface area contributed by atoms with Crippen LogP contribution in [0.1, 0.15) is 12.5 Å². The lowest BCUT2D eigenvalue weighted by Crippen LogP contribution is -2.14. The summed E-state index contributed by atoms with van der Waals surface area (Å²) in [4.78, 5) is 21.7. The van der Waals surface area contributed by atoms with Gasteiger partial charge in [0.1, 0.15) is 6.23 Å². The Bertz CT molecular complexity index is 733. The number of fused-ring (bicyclic) bond motifs is 1. The van der Waals surface area contributed by atoms with Gasteiger partial charge < -0.3 is 20.2 Å². The van der Waals surface area contributed by atoms with E-state index in [1.807, 2.05) is 0 Å². The van der Waals surface area contributed by atoms with E-state index in [1.54, 1.807) is 0 Å². The minimum Gasteiger partial charge on any atom is -0.374 e. The van der Waals surface area contributed by atoms with E-state index in [4.69, 9.17) is 9.79 Å². The molecule has 21 heavy (non-hydrogen) atoms. The highest BCUT2D eigenvalue weighted by molar-refractivity contribution is 9.10. The molecule has 2 rings (SSSR count). The van der Waals surface area contributed by atoms with Gasteiger partial charge in [0, 0.05) is 10.0 Å². The summed E-state index contributed by atoms with van der Waals surface area (Å²) in [5.74, 6) is 0. The zero-order valence-electron chi connectivity index (χ0n) is 10.4. The second kappa shape index (κ2) is 5.53. The number of alkyl halides is 2.